The highest BCUT2D eigenvalue weighted by Gasteiger charge is 2.14. The summed E-state index contributed by atoms with van der Waals surface area (Å²) in [5, 5.41) is 5.00. The molecule has 4 nitrogen and oxygen atoms in total. The van der Waals surface area contributed by atoms with Crippen LogP contribution in [-0.4, -0.2) is 26.7 Å². The number of amides is 2. The van der Waals surface area contributed by atoms with E-state index in [2.05, 4.69) is 10.6 Å². The number of rotatable bonds is 4. The minimum Gasteiger partial charge on any atom is -0.373 e. The van der Waals surface area contributed by atoms with E-state index in [1.54, 1.807) is 14.1 Å². The third-order valence-corrected chi connectivity index (χ3v) is 2.39. The number of benzene rings is 1. The Morgan fingerprint density at radius 3 is 2.21 bits per heavy atom. The summed E-state index contributed by atoms with van der Waals surface area (Å²) in [6.07, 6.45) is 0. The van der Waals surface area contributed by atoms with Crippen molar-refractivity contribution in [2.24, 2.45) is 5.92 Å². The second-order valence-corrected chi connectivity index (χ2v) is 4.91. The molecule has 0 atom stereocenters. The van der Waals surface area contributed by atoms with Crippen molar-refractivity contribution in [2.75, 3.05) is 30.9 Å². The molecule has 0 saturated carbocycles. The Kier molecular flexibility index (Phi) is 5.09. The Morgan fingerprint density at radius 1 is 1.26 bits per heavy atom. The smallest absolute Gasteiger partial charge is 0.319 e. The molecule has 6 heteroatoms. The van der Waals surface area contributed by atoms with E-state index in [1.807, 2.05) is 13.8 Å². The van der Waals surface area contributed by atoms with Crippen LogP contribution < -0.4 is 15.5 Å². The molecule has 0 aliphatic carbocycles. The summed E-state index contributed by atoms with van der Waals surface area (Å²) in [5.41, 5.74) is -0.0463. The minimum absolute atomic E-state index is 0.0851. The predicted octanol–water partition coefficient (Wildman–Crippen LogP) is 2.81. The molecule has 0 fully saturated rings. The highest BCUT2D eigenvalue weighted by atomic mass is 19.1. The van der Waals surface area contributed by atoms with E-state index in [1.165, 1.54) is 4.90 Å². The molecule has 1 rings (SSSR count). The van der Waals surface area contributed by atoms with Crippen molar-refractivity contribution in [3.8, 4) is 0 Å². The van der Waals surface area contributed by atoms with Gasteiger partial charge in [-0.2, -0.15) is 0 Å². The SMILES string of the molecule is CC(C)CNC(=O)Nc1cc(F)c(N(C)C)c(F)c1. The molecule has 0 aromatic heterocycles. The normalized spacial score (nSPS) is 10.5. The number of nitrogens with one attached hydrogen (secondary N) is 2. The molecule has 1 aromatic rings. The number of hydrogen-bond donors (Lipinski definition) is 2. The van der Waals surface area contributed by atoms with Crippen molar-refractivity contribution in [1.82, 2.24) is 5.32 Å². The average Bonchev–Trinajstić information content (AvgIpc) is 2.24. The summed E-state index contributed by atoms with van der Waals surface area (Å²) in [6.45, 7) is 4.39. The summed E-state index contributed by atoms with van der Waals surface area (Å²) in [4.78, 5) is 12.8. The standard InChI is InChI=1S/C13H19F2N3O/c1-8(2)7-16-13(19)17-9-5-10(14)12(18(3)4)11(15)6-9/h5-6,8H,7H2,1-4H3,(H2,16,17,19). The zero-order valence-electron chi connectivity index (χ0n) is 11.6. The van der Waals surface area contributed by atoms with Gasteiger partial charge in [0.2, 0.25) is 0 Å². The first-order valence-corrected chi connectivity index (χ1v) is 6.02. The highest BCUT2D eigenvalue weighted by molar-refractivity contribution is 5.89. The molecule has 2 amide bonds. The molecule has 2 N–H and O–H groups in total. The molecular formula is C13H19F2N3O. The quantitative estimate of drug-likeness (QED) is 0.884. The number of urea groups is 1. The number of hydrogen-bond acceptors (Lipinski definition) is 2. The molecule has 0 unspecified atom stereocenters. The van der Waals surface area contributed by atoms with Crippen LogP contribution in [0.15, 0.2) is 12.1 Å². The van der Waals surface area contributed by atoms with Gasteiger partial charge in [-0.1, -0.05) is 13.8 Å². The van der Waals surface area contributed by atoms with Crippen molar-refractivity contribution in [3.63, 3.8) is 0 Å². The molecule has 1 aromatic carbocycles. The van der Waals surface area contributed by atoms with E-state index in [-0.39, 0.29) is 11.4 Å². The molecule has 0 aliphatic rings. The fourth-order valence-corrected chi connectivity index (χ4v) is 1.54. The van der Waals surface area contributed by atoms with Crippen LogP contribution in [0.2, 0.25) is 0 Å². The van der Waals surface area contributed by atoms with Crippen molar-refractivity contribution < 1.29 is 13.6 Å². The highest BCUT2D eigenvalue weighted by Crippen LogP contribution is 2.25. The van der Waals surface area contributed by atoms with Gasteiger partial charge in [-0.05, 0) is 18.1 Å². The van der Waals surface area contributed by atoms with Crippen LogP contribution in [-0.2, 0) is 0 Å². The van der Waals surface area contributed by atoms with Crippen molar-refractivity contribution >= 4 is 17.4 Å². The van der Waals surface area contributed by atoms with Gasteiger partial charge in [0.1, 0.15) is 5.69 Å². The van der Waals surface area contributed by atoms with Crippen molar-refractivity contribution in [3.05, 3.63) is 23.8 Å². The lowest BCUT2D eigenvalue weighted by atomic mass is 10.2. The van der Waals surface area contributed by atoms with Gasteiger partial charge in [-0.15, -0.1) is 0 Å². The molecule has 0 aliphatic heterocycles. The second kappa shape index (κ2) is 6.36. The molecule has 0 saturated heterocycles. The molecule has 0 heterocycles. The Bertz CT molecular complexity index is 438. The largest absolute Gasteiger partial charge is 0.373 e. The summed E-state index contributed by atoms with van der Waals surface area (Å²) in [5.74, 6) is -1.14. The van der Waals surface area contributed by atoms with Crippen LogP contribution in [0.5, 0.6) is 0 Å². The maximum Gasteiger partial charge on any atom is 0.319 e. The lowest BCUT2D eigenvalue weighted by molar-refractivity contribution is 0.251. The fourth-order valence-electron chi connectivity index (χ4n) is 1.54. The summed E-state index contributed by atoms with van der Waals surface area (Å²) < 4.78 is 27.3. The average molecular weight is 271 g/mol. The molecular weight excluding hydrogens is 252 g/mol. The van der Waals surface area contributed by atoms with Gasteiger partial charge in [-0.3, -0.25) is 0 Å². The van der Waals surface area contributed by atoms with E-state index in [9.17, 15) is 13.6 Å². The third kappa shape index (κ3) is 4.39. The lowest BCUT2D eigenvalue weighted by Gasteiger charge is -2.16. The van der Waals surface area contributed by atoms with Gasteiger partial charge in [-0.25, -0.2) is 13.6 Å². The zero-order valence-corrected chi connectivity index (χ0v) is 11.6. The number of nitrogens with zero attached hydrogens (tertiary/aromatic N) is 1. The molecule has 19 heavy (non-hydrogen) atoms. The Labute approximate surface area is 111 Å². The van der Waals surface area contributed by atoms with Gasteiger partial charge in [0, 0.05) is 26.3 Å². The first-order valence-electron chi connectivity index (χ1n) is 6.02. The van der Waals surface area contributed by atoms with Crippen LogP contribution in [0, 0.1) is 17.6 Å². The van der Waals surface area contributed by atoms with E-state index >= 15 is 0 Å². The van der Waals surface area contributed by atoms with Crippen molar-refractivity contribution in [2.45, 2.75) is 13.8 Å². The van der Waals surface area contributed by atoms with E-state index < -0.39 is 17.7 Å². The molecule has 106 valence electrons. The van der Waals surface area contributed by atoms with Gasteiger partial charge in [0.25, 0.3) is 0 Å². The Morgan fingerprint density at radius 2 is 1.79 bits per heavy atom. The van der Waals surface area contributed by atoms with Crippen LogP contribution in [0.25, 0.3) is 0 Å². The lowest BCUT2D eigenvalue weighted by Crippen LogP contribution is -2.31. The van der Waals surface area contributed by atoms with Crippen molar-refractivity contribution in [1.29, 1.82) is 0 Å². The van der Waals surface area contributed by atoms with Gasteiger partial charge in [0.15, 0.2) is 11.6 Å². The third-order valence-electron chi connectivity index (χ3n) is 2.39. The first-order chi connectivity index (χ1) is 8.81. The maximum absolute atomic E-state index is 13.7. The zero-order chi connectivity index (χ0) is 14.6. The van der Waals surface area contributed by atoms with Crippen LogP contribution in [0.3, 0.4) is 0 Å². The van der Waals surface area contributed by atoms with Crippen LogP contribution >= 0.6 is 0 Å². The minimum atomic E-state index is -0.718. The van der Waals surface area contributed by atoms with Crippen LogP contribution in [0.1, 0.15) is 13.8 Å². The summed E-state index contributed by atoms with van der Waals surface area (Å²) in [7, 11) is 3.09. The predicted molar refractivity (Wildman–Crippen MR) is 72.5 cm³/mol. The molecule has 0 radical (unpaired) electrons. The summed E-state index contributed by atoms with van der Waals surface area (Å²) >= 11 is 0. The number of carbonyl (C=O) groups is 1. The number of halogens is 2. The molecule has 0 spiro atoms. The monoisotopic (exact) mass is 271 g/mol. The van der Waals surface area contributed by atoms with E-state index in [0.717, 1.165) is 12.1 Å². The topological polar surface area (TPSA) is 44.4 Å². The molecule has 0 bridgehead atoms. The van der Waals surface area contributed by atoms with Gasteiger partial charge >= 0.3 is 6.03 Å². The van der Waals surface area contributed by atoms with E-state index in [0.29, 0.717) is 12.5 Å². The van der Waals surface area contributed by atoms with E-state index in [4.69, 9.17) is 0 Å². The first kappa shape index (κ1) is 15.2. The van der Waals surface area contributed by atoms with Crippen LogP contribution in [0.4, 0.5) is 25.0 Å². The van der Waals surface area contributed by atoms with Gasteiger partial charge in [0.05, 0.1) is 0 Å². The maximum atomic E-state index is 13.7. The summed E-state index contributed by atoms with van der Waals surface area (Å²) in [6, 6.07) is 1.70. The Balaban J connectivity index is 2.78. The number of anilines is 2. The Hall–Kier alpha value is -1.85. The second-order valence-electron chi connectivity index (χ2n) is 4.91. The fraction of sp³-hybridized carbons (Fsp3) is 0.462. The van der Waals surface area contributed by atoms with Gasteiger partial charge < -0.3 is 15.5 Å². The number of carbonyl (C=O) groups excluding carboxylic acids is 1.